The maximum Gasteiger partial charge on any atom is 0.453 e. The van der Waals surface area contributed by atoms with Gasteiger partial charge in [0.05, 0.1) is 16.5 Å². The molecule has 2 rings (SSSR count). The Labute approximate surface area is 142 Å². The molecule has 2 aromatic rings. The van der Waals surface area contributed by atoms with Crippen molar-refractivity contribution >= 4 is 46.6 Å². The molecule has 1 aromatic heterocycles. The molecule has 0 bridgehead atoms. The molecule has 0 radical (unpaired) electrons. The SMILES string of the molecule is Nn1c(SCC(=O)Nc2cc(Cl)ccc2Cl)nnc1C(F)(F)F. The van der Waals surface area contributed by atoms with Crippen LogP contribution >= 0.6 is 35.0 Å². The van der Waals surface area contributed by atoms with Crippen LogP contribution in [0.5, 0.6) is 0 Å². The first-order valence-corrected chi connectivity index (χ1v) is 7.58. The van der Waals surface area contributed by atoms with Gasteiger partial charge in [-0.3, -0.25) is 4.79 Å². The van der Waals surface area contributed by atoms with Crippen molar-refractivity contribution in [1.82, 2.24) is 14.9 Å². The molecule has 0 aliphatic carbocycles. The molecule has 23 heavy (non-hydrogen) atoms. The van der Waals surface area contributed by atoms with E-state index in [9.17, 15) is 18.0 Å². The number of benzene rings is 1. The van der Waals surface area contributed by atoms with Crippen molar-refractivity contribution in [3.63, 3.8) is 0 Å². The van der Waals surface area contributed by atoms with Crippen LogP contribution in [0, 0.1) is 0 Å². The number of amides is 1. The molecule has 0 spiro atoms. The number of carbonyl (C=O) groups excluding carboxylic acids is 1. The lowest BCUT2D eigenvalue weighted by Crippen LogP contribution is -2.22. The minimum absolute atomic E-state index is 0.240. The number of halogens is 5. The van der Waals surface area contributed by atoms with Crippen LogP contribution in [0.3, 0.4) is 0 Å². The first-order valence-electron chi connectivity index (χ1n) is 5.84. The molecule has 12 heteroatoms. The van der Waals surface area contributed by atoms with Crippen LogP contribution in [0.25, 0.3) is 0 Å². The fraction of sp³-hybridized carbons (Fsp3) is 0.182. The van der Waals surface area contributed by atoms with E-state index in [0.29, 0.717) is 16.8 Å². The van der Waals surface area contributed by atoms with Gasteiger partial charge in [0, 0.05) is 5.02 Å². The molecule has 3 N–H and O–H groups in total. The number of alkyl halides is 3. The third-order valence-corrected chi connectivity index (χ3v) is 3.96. The minimum Gasteiger partial charge on any atom is -0.335 e. The van der Waals surface area contributed by atoms with Gasteiger partial charge < -0.3 is 11.2 Å². The fourth-order valence-electron chi connectivity index (χ4n) is 1.48. The summed E-state index contributed by atoms with van der Waals surface area (Å²) in [5.41, 5.74) is 0.287. The number of carbonyl (C=O) groups is 1. The smallest absolute Gasteiger partial charge is 0.335 e. The summed E-state index contributed by atoms with van der Waals surface area (Å²) in [6.07, 6.45) is -4.73. The van der Waals surface area contributed by atoms with E-state index in [1.165, 1.54) is 12.1 Å². The van der Waals surface area contributed by atoms with Crippen LogP contribution in [0.4, 0.5) is 18.9 Å². The molecule has 1 amide bonds. The van der Waals surface area contributed by atoms with Crippen molar-refractivity contribution in [2.45, 2.75) is 11.3 Å². The summed E-state index contributed by atoms with van der Waals surface area (Å²) in [5, 5.41) is 9.12. The van der Waals surface area contributed by atoms with Gasteiger partial charge in [-0.25, -0.2) is 4.68 Å². The highest BCUT2D eigenvalue weighted by molar-refractivity contribution is 7.99. The zero-order chi connectivity index (χ0) is 17.2. The number of nitrogen functional groups attached to an aromatic ring is 1. The van der Waals surface area contributed by atoms with E-state index in [1.807, 2.05) is 0 Å². The van der Waals surface area contributed by atoms with Crippen molar-refractivity contribution in [2.24, 2.45) is 0 Å². The number of nitrogens with one attached hydrogen (secondary N) is 1. The highest BCUT2D eigenvalue weighted by atomic mass is 35.5. The van der Waals surface area contributed by atoms with Crippen LogP contribution in [-0.4, -0.2) is 26.5 Å². The third-order valence-electron chi connectivity index (χ3n) is 2.45. The lowest BCUT2D eigenvalue weighted by molar-refractivity contribution is -0.146. The van der Waals surface area contributed by atoms with Crippen molar-refractivity contribution < 1.29 is 18.0 Å². The van der Waals surface area contributed by atoms with E-state index in [4.69, 9.17) is 29.0 Å². The molecule has 6 nitrogen and oxygen atoms in total. The average molecular weight is 386 g/mol. The number of nitrogens with zero attached hydrogens (tertiary/aromatic N) is 3. The van der Waals surface area contributed by atoms with Crippen molar-refractivity contribution in [1.29, 1.82) is 0 Å². The summed E-state index contributed by atoms with van der Waals surface area (Å²) in [5.74, 6) is 3.15. The van der Waals surface area contributed by atoms with Gasteiger partial charge in [-0.05, 0) is 18.2 Å². The van der Waals surface area contributed by atoms with Crippen molar-refractivity contribution in [2.75, 3.05) is 16.9 Å². The van der Waals surface area contributed by atoms with Crippen LogP contribution in [0.1, 0.15) is 5.82 Å². The number of aromatic nitrogens is 3. The standard InChI is InChI=1S/C11H8Cl2F3N5OS/c12-5-1-2-6(13)7(3-5)18-8(22)4-23-10-20-19-9(21(10)17)11(14,15)16/h1-3H,4,17H2,(H,18,22). The number of hydrogen-bond acceptors (Lipinski definition) is 5. The Bertz CT molecular complexity index is 737. The third kappa shape index (κ3) is 4.43. The molecule has 0 aliphatic heterocycles. The Hall–Kier alpha value is -1.65. The Morgan fingerprint density at radius 2 is 2.04 bits per heavy atom. The Morgan fingerprint density at radius 1 is 1.35 bits per heavy atom. The number of nitrogens with two attached hydrogens (primary N) is 1. The topological polar surface area (TPSA) is 85.8 Å². The van der Waals surface area contributed by atoms with Crippen LogP contribution < -0.4 is 11.2 Å². The summed E-state index contributed by atoms with van der Waals surface area (Å²) in [4.78, 5) is 11.8. The van der Waals surface area contributed by atoms with E-state index in [2.05, 4.69) is 15.5 Å². The summed E-state index contributed by atoms with van der Waals surface area (Å²) >= 11 is 12.4. The zero-order valence-corrected chi connectivity index (χ0v) is 13.4. The predicted molar refractivity (Wildman–Crippen MR) is 81.0 cm³/mol. The van der Waals surface area contributed by atoms with Crippen LogP contribution in [-0.2, 0) is 11.0 Å². The van der Waals surface area contributed by atoms with Gasteiger partial charge in [-0.15, -0.1) is 10.2 Å². The van der Waals surface area contributed by atoms with Gasteiger partial charge in [0.15, 0.2) is 0 Å². The van der Waals surface area contributed by atoms with E-state index in [-0.39, 0.29) is 26.3 Å². The maximum atomic E-state index is 12.5. The van der Waals surface area contributed by atoms with E-state index in [0.717, 1.165) is 0 Å². The molecular weight excluding hydrogens is 378 g/mol. The quantitative estimate of drug-likeness (QED) is 0.623. The van der Waals surface area contributed by atoms with Gasteiger partial charge in [-0.2, -0.15) is 13.2 Å². The Kier molecular flexibility index (Phi) is 5.27. The van der Waals surface area contributed by atoms with Crippen molar-refractivity contribution in [3.05, 3.63) is 34.1 Å². The summed E-state index contributed by atoms with van der Waals surface area (Å²) in [6, 6.07) is 4.49. The van der Waals surface area contributed by atoms with E-state index < -0.39 is 17.9 Å². The van der Waals surface area contributed by atoms with Crippen LogP contribution in [0.15, 0.2) is 23.4 Å². The lowest BCUT2D eigenvalue weighted by Gasteiger charge is -2.08. The molecule has 0 fully saturated rings. The Morgan fingerprint density at radius 3 is 2.65 bits per heavy atom. The Balaban J connectivity index is 2.00. The second-order valence-electron chi connectivity index (χ2n) is 4.13. The largest absolute Gasteiger partial charge is 0.453 e. The zero-order valence-electron chi connectivity index (χ0n) is 11.1. The molecule has 0 saturated heterocycles. The molecule has 124 valence electrons. The normalized spacial score (nSPS) is 11.5. The number of thioether (sulfide) groups is 1. The van der Waals surface area contributed by atoms with Crippen LogP contribution in [0.2, 0.25) is 10.0 Å². The van der Waals surface area contributed by atoms with Gasteiger partial charge in [-0.1, -0.05) is 35.0 Å². The second kappa shape index (κ2) is 6.85. The highest BCUT2D eigenvalue weighted by Gasteiger charge is 2.38. The first-order chi connectivity index (χ1) is 10.7. The van der Waals surface area contributed by atoms with Crippen molar-refractivity contribution in [3.8, 4) is 0 Å². The molecule has 1 heterocycles. The molecular formula is C11H8Cl2F3N5OS. The molecule has 0 atom stereocenters. The van der Waals surface area contributed by atoms with Gasteiger partial charge in [0.25, 0.3) is 5.82 Å². The maximum absolute atomic E-state index is 12.5. The summed E-state index contributed by atoms with van der Waals surface area (Å²) in [6.45, 7) is 0. The fourth-order valence-corrected chi connectivity index (χ4v) is 2.47. The van der Waals surface area contributed by atoms with Gasteiger partial charge in [0.2, 0.25) is 11.1 Å². The highest BCUT2D eigenvalue weighted by Crippen LogP contribution is 2.29. The molecule has 1 aromatic carbocycles. The molecule has 0 aliphatic rings. The van der Waals surface area contributed by atoms with Gasteiger partial charge in [0.1, 0.15) is 0 Å². The summed E-state index contributed by atoms with van der Waals surface area (Å²) in [7, 11) is 0. The van der Waals surface area contributed by atoms with E-state index >= 15 is 0 Å². The number of hydrogen-bond donors (Lipinski definition) is 2. The number of rotatable bonds is 4. The predicted octanol–water partition coefficient (Wildman–Crippen LogP) is 3.05. The summed E-state index contributed by atoms with van der Waals surface area (Å²) < 4.78 is 37.8. The second-order valence-corrected chi connectivity index (χ2v) is 5.92. The number of anilines is 1. The first kappa shape index (κ1) is 17.7. The molecule has 0 saturated carbocycles. The van der Waals surface area contributed by atoms with Gasteiger partial charge >= 0.3 is 6.18 Å². The minimum atomic E-state index is -4.73. The average Bonchev–Trinajstić information content (AvgIpc) is 2.82. The monoisotopic (exact) mass is 385 g/mol. The molecule has 0 unspecified atom stereocenters. The van der Waals surface area contributed by atoms with E-state index in [1.54, 1.807) is 6.07 Å². The lowest BCUT2D eigenvalue weighted by atomic mass is 10.3.